The number of hydrogen-bond acceptors (Lipinski definition) is 0. The topological polar surface area (TPSA) is 23.8 Å². The van der Waals surface area contributed by atoms with Gasteiger partial charge in [0.05, 0.1) is 0 Å². The van der Waals surface area contributed by atoms with E-state index in [1.165, 1.54) is 21.9 Å². The molecular formula is C17H27Cl2NSiTi-4. The molecule has 2 rings (SSSR count). The van der Waals surface area contributed by atoms with Gasteiger partial charge in [-0.2, -0.15) is 5.56 Å². The molecule has 0 heterocycles. The molecule has 0 atom stereocenters. The van der Waals surface area contributed by atoms with Crippen LogP contribution >= 0.6 is 0 Å². The Morgan fingerprint density at radius 2 is 1.32 bits per heavy atom. The molecule has 0 bridgehead atoms. The van der Waals surface area contributed by atoms with Crippen molar-refractivity contribution in [3.63, 3.8) is 0 Å². The number of benzene rings is 1. The smallest absolute Gasteiger partial charge is 1.00 e. The van der Waals surface area contributed by atoms with E-state index in [0.29, 0.717) is 0 Å². The molecule has 4 radical (unpaired) electrons. The summed E-state index contributed by atoms with van der Waals surface area (Å²) in [5, 5.41) is 2.76. The van der Waals surface area contributed by atoms with Crippen molar-refractivity contribution in [2.24, 2.45) is 0 Å². The van der Waals surface area contributed by atoms with Crippen LogP contribution in [0, 0.1) is 28.7 Å². The summed E-state index contributed by atoms with van der Waals surface area (Å²) in [6.45, 7) is 9.90. The molecule has 0 aromatic heterocycles. The molecule has 0 saturated heterocycles. The van der Waals surface area contributed by atoms with Gasteiger partial charge in [-0.3, -0.25) is 0 Å². The van der Waals surface area contributed by atoms with Crippen LogP contribution in [0.4, 0.5) is 0 Å². The zero-order valence-electron chi connectivity index (χ0n) is 14.6. The molecule has 0 fully saturated rings. The van der Waals surface area contributed by atoms with Crippen LogP contribution in [0.3, 0.4) is 0 Å². The van der Waals surface area contributed by atoms with Crippen molar-refractivity contribution in [3.05, 3.63) is 62.0 Å². The van der Waals surface area contributed by atoms with E-state index in [2.05, 4.69) is 44.2 Å². The standard InChI is InChI=1S/C11H11.C4H10N.2CH3.2ClH.Si.Ti/c1-8-7-10-5-3-4-6-11(10)9(8)2;1-4(2,3)5;;;;;;/h3-7H,1-2H3;5H,1-3H3;2*1H3;2*1H;;/q4*-1;;;;+2/p-2. The van der Waals surface area contributed by atoms with Crippen LogP contribution in [-0.2, 0) is 21.7 Å². The third-order valence-electron chi connectivity index (χ3n) is 2.33. The van der Waals surface area contributed by atoms with Crippen LogP contribution < -0.4 is 24.8 Å². The van der Waals surface area contributed by atoms with Gasteiger partial charge >= 0.3 is 21.7 Å². The van der Waals surface area contributed by atoms with Crippen LogP contribution in [0.5, 0.6) is 0 Å². The van der Waals surface area contributed by atoms with Crippen molar-refractivity contribution in [3.8, 4) is 0 Å². The van der Waals surface area contributed by atoms with Crippen molar-refractivity contribution < 1.29 is 46.5 Å². The summed E-state index contributed by atoms with van der Waals surface area (Å²) in [5.74, 6) is 0. The second-order valence-electron chi connectivity index (χ2n) is 5.29. The molecule has 0 aliphatic heterocycles. The molecule has 0 amide bonds. The number of rotatable bonds is 0. The minimum Gasteiger partial charge on any atom is -1.00 e. The monoisotopic (exact) mass is 391 g/mol. The van der Waals surface area contributed by atoms with E-state index < -0.39 is 0 Å². The van der Waals surface area contributed by atoms with Gasteiger partial charge in [-0.15, -0.1) is 46.1 Å². The van der Waals surface area contributed by atoms with Gasteiger partial charge in [-0.05, 0) is 0 Å². The fourth-order valence-corrected chi connectivity index (χ4v) is 1.52. The van der Waals surface area contributed by atoms with E-state index in [9.17, 15) is 0 Å². The van der Waals surface area contributed by atoms with Gasteiger partial charge in [0, 0.05) is 11.0 Å². The van der Waals surface area contributed by atoms with Gasteiger partial charge in [0.1, 0.15) is 0 Å². The van der Waals surface area contributed by atoms with E-state index in [-0.39, 0.29) is 77.9 Å². The van der Waals surface area contributed by atoms with Crippen LogP contribution in [0.15, 0.2) is 30.3 Å². The van der Waals surface area contributed by atoms with Crippen molar-refractivity contribution in [2.45, 2.75) is 40.2 Å². The Bertz CT molecular complexity index is 473. The second kappa shape index (κ2) is 16.2. The van der Waals surface area contributed by atoms with E-state index >= 15 is 0 Å². The summed E-state index contributed by atoms with van der Waals surface area (Å²) in [6, 6.07) is 10.8. The first kappa shape index (κ1) is 38.1. The SMILES string of the molecule is CC(C)(C)[NH-].Cc1[cH-]c2ccccc2c1C.[CH3-].[CH3-].[Cl-].[Cl-].[Si].[Ti+2]. The minimum absolute atomic E-state index is 0. The van der Waals surface area contributed by atoms with Gasteiger partial charge in [0.2, 0.25) is 0 Å². The first-order chi connectivity index (χ1) is 7.29. The van der Waals surface area contributed by atoms with E-state index in [0.717, 1.165) is 0 Å². The molecule has 0 unspecified atom stereocenters. The largest absolute Gasteiger partial charge is 2.00 e. The average Bonchev–Trinajstić information content (AvgIpc) is 2.41. The third kappa shape index (κ3) is 13.9. The fraction of sp³-hybridized carbons (Fsp3) is 0.353. The molecule has 22 heavy (non-hydrogen) atoms. The fourth-order valence-electron chi connectivity index (χ4n) is 1.52. The first-order valence-corrected chi connectivity index (χ1v) is 5.65. The average molecular weight is 392 g/mol. The molecule has 1 N–H and O–H groups in total. The number of fused-ring (bicyclic) bond motifs is 1. The minimum atomic E-state index is -0.250. The number of aryl methyl sites for hydroxylation is 2. The Hall–Kier alpha value is 0.301. The quantitative estimate of drug-likeness (QED) is 0.428. The zero-order valence-corrected chi connectivity index (χ0v) is 18.7. The normalized spacial score (nSPS) is 8.09. The molecule has 2 aromatic rings. The molecule has 0 aliphatic carbocycles. The maximum Gasteiger partial charge on any atom is 2.00 e. The molecule has 1 nitrogen and oxygen atoms in total. The van der Waals surface area contributed by atoms with Crippen LogP contribution in [-0.4, -0.2) is 16.5 Å². The van der Waals surface area contributed by atoms with Crippen LogP contribution in [0.1, 0.15) is 31.9 Å². The summed E-state index contributed by atoms with van der Waals surface area (Å²) < 4.78 is 0. The van der Waals surface area contributed by atoms with E-state index in [1.54, 1.807) is 0 Å². The maximum absolute atomic E-state index is 6.94. The third-order valence-corrected chi connectivity index (χ3v) is 2.33. The van der Waals surface area contributed by atoms with Gasteiger partial charge in [0.15, 0.2) is 0 Å². The Morgan fingerprint density at radius 3 is 1.68 bits per heavy atom. The molecule has 5 heteroatoms. The van der Waals surface area contributed by atoms with Gasteiger partial charge in [-0.25, -0.2) is 0 Å². The number of nitrogens with one attached hydrogen (secondary N) is 1. The summed E-state index contributed by atoms with van der Waals surface area (Å²) >= 11 is 0. The predicted molar refractivity (Wildman–Crippen MR) is 91.7 cm³/mol. The molecule has 0 spiro atoms. The second-order valence-corrected chi connectivity index (χ2v) is 5.29. The maximum atomic E-state index is 6.94. The van der Waals surface area contributed by atoms with Crippen LogP contribution in [0.25, 0.3) is 16.5 Å². The molecule has 0 aliphatic rings. The van der Waals surface area contributed by atoms with Crippen molar-refractivity contribution in [1.82, 2.24) is 0 Å². The van der Waals surface area contributed by atoms with E-state index in [4.69, 9.17) is 5.73 Å². The predicted octanol–water partition coefficient (Wildman–Crippen LogP) is -0.462. The first-order valence-electron chi connectivity index (χ1n) is 5.65. The van der Waals surface area contributed by atoms with Crippen molar-refractivity contribution in [2.75, 3.05) is 0 Å². The van der Waals surface area contributed by atoms with E-state index in [1.807, 2.05) is 20.8 Å². The van der Waals surface area contributed by atoms with Crippen molar-refractivity contribution in [1.29, 1.82) is 0 Å². The number of halogens is 2. The molecule has 0 saturated carbocycles. The summed E-state index contributed by atoms with van der Waals surface area (Å²) in [7, 11) is 0. The van der Waals surface area contributed by atoms with Gasteiger partial charge in [-0.1, -0.05) is 40.7 Å². The molecule has 126 valence electrons. The van der Waals surface area contributed by atoms with Gasteiger partial charge in [0.25, 0.3) is 0 Å². The Balaban J connectivity index is -0.0000000530. The number of hydrogen-bond donors (Lipinski definition) is 0. The van der Waals surface area contributed by atoms with Gasteiger partial charge < -0.3 is 45.4 Å². The Kier molecular flexibility index (Phi) is 28.0. The summed E-state index contributed by atoms with van der Waals surface area (Å²) in [4.78, 5) is 0. The van der Waals surface area contributed by atoms with Crippen LogP contribution in [0.2, 0.25) is 0 Å². The van der Waals surface area contributed by atoms with Crippen molar-refractivity contribution >= 4 is 21.7 Å². The molecule has 2 aromatic carbocycles. The zero-order chi connectivity index (χ0) is 12.3. The Labute approximate surface area is 169 Å². The summed E-state index contributed by atoms with van der Waals surface area (Å²) in [5.41, 5.74) is 9.50. The Morgan fingerprint density at radius 1 is 0.955 bits per heavy atom. The molecular weight excluding hydrogens is 365 g/mol. The summed E-state index contributed by atoms with van der Waals surface area (Å²) in [6.07, 6.45) is 0.